The maximum absolute atomic E-state index is 14.2. The van der Waals surface area contributed by atoms with Crippen LogP contribution in [0.2, 0.25) is 0 Å². The topological polar surface area (TPSA) is 162 Å². The highest BCUT2D eigenvalue weighted by molar-refractivity contribution is 6.16. The number of rotatable bonds is 23. The quantitative estimate of drug-likeness (QED) is 0.0623. The van der Waals surface area contributed by atoms with Crippen LogP contribution in [-0.2, 0) is 45.1 Å². The number of amides is 3. The van der Waals surface area contributed by atoms with Crippen molar-refractivity contribution in [2.24, 2.45) is 9.98 Å². The van der Waals surface area contributed by atoms with Gasteiger partial charge in [-0.05, 0) is 84.0 Å². The molecule has 10 rings (SSSR count). The summed E-state index contributed by atoms with van der Waals surface area (Å²) in [5, 5.41) is 3.23. The molecule has 0 bridgehead atoms. The number of ether oxygens (including phenoxy) is 7. The molecule has 5 aromatic carbocycles. The molecule has 1 fully saturated rings. The number of aliphatic imine (C=N–C) groups is 2. The van der Waals surface area contributed by atoms with Crippen LogP contribution in [0.25, 0.3) is 0 Å². The molecule has 0 radical (unpaired) electrons. The van der Waals surface area contributed by atoms with Crippen molar-refractivity contribution in [2.45, 2.75) is 82.7 Å². The molecule has 2 unspecified atom stereocenters. The van der Waals surface area contributed by atoms with E-state index in [0.717, 1.165) is 65.0 Å². The lowest BCUT2D eigenvalue weighted by Crippen LogP contribution is -2.37. The van der Waals surface area contributed by atoms with Crippen LogP contribution in [-0.4, -0.2) is 116 Å². The van der Waals surface area contributed by atoms with Crippen molar-refractivity contribution in [2.75, 3.05) is 82.2 Å². The molecule has 1 aliphatic carbocycles. The molecule has 2 atom stereocenters. The lowest BCUT2D eigenvalue weighted by molar-refractivity contribution is -0.121. The molecule has 5 aromatic rings. The van der Waals surface area contributed by atoms with Crippen molar-refractivity contribution in [3.05, 3.63) is 124 Å². The molecule has 1 N–H and O–H groups in total. The van der Waals surface area contributed by atoms with E-state index in [9.17, 15) is 14.4 Å². The number of carbonyl (C=O) groups excluding carboxylic acids is 3. The molecule has 0 saturated heterocycles. The minimum Gasteiger partial charge on any atom is -0.493 e. The first-order chi connectivity index (χ1) is 36.3. The summed E-state index contributed by atoms with van der Waals surface area (Å²) in [6, 6.07) is 28.9. The number of fused-ring (bicyclic) bond motifs is 8. The number of hydrogen-bond acceptors (Lipinski definition) is 13. The number of carbonyl (C=O) groups is 3. The zero-order chi connectivity index (χ0) is 51.0. The molecule has 0 aromatic heterocycles. The highest BCUT2D eigenvalue weighted by atomic mass is 16.5. The fourth-order valence-corrected chi connectivity index (χ4v) is 10.6. The van der Waals surface area contributed by atoms with Crippen LogP contribution in [0.4, 0.5) is 28.4 Å². The molecular weight excluding hydrogens is 941 g/mol. The van der Waals surface area contributed by atoms with E-state index in [1.807, 2.05) is 76.8 Å². The van der Waals surface area contributed by atoms with E-state index in [0.29, 0.717) is 117 Å². The van der Waals surface area contributed by atoms with Crippen molar-refractivity contribution >= 4 is 58.6 Å². The van der Waals surface area contributed by atoms with Crippen LogP contribution < -0.4 is 39.0 Å². The van der Waals surface area contributed by atoms with Gasteiger partial charge in [0.05, 0.1) is 81.8 Å². The van der Waals surface area contributed by atoms with Crippen molar-refractivity contribution in [1.29, 1.82) is 0 Å². The Morgan fingerprint density at radius 3 is 1.70 bits per heavy atom. The van der Waals surface area contributed by atoms with Gasteiger partial charge in [-0.1, -0.05) is 49.2 Å². The molecule has 16 nitrogen and oxygen atoms in total. The van der Waals surface area contributed by atoms with E-state index >= 15 is 0 Å². The fraction of sp³-hybridized carbons (Fsp3) is 0.397. The summed E-state index contributed by atoms with van der Waals surface area (Å²) in [5.74, 6) is 1.44. The second-order valence-corrected chi connectivity index (χ2v) is 19.2. The van der Waals surface area contributed by atoms with Gasteiger partial charge in [-0.3, -0.25) is 34.2 Å². The lowest BCUT2D eigenvalue weighted by Gasteiger charge is -2.26. The number of methoxy groups -OCH3 is 3. The first-order valence-electron chi connectivity index (χ1n) is 25.7. The van der Waals surface area contributed by atoms with E-state index in [2.05, 4.69) is 22.3 Å². The SMILES string of the molecule is COCCOCCOCCN(CCCC(=O)NC1CCCC1)c1cc(COc2cc3c(cc2OC)C(=O)N2c4ccccc4CC2C=N3)cc(COc2cc3c(cc2OC)C(=O)N2c4ccccc4CC2C=N3)c1. The number of anilines is 3. The molecule has 16 heteroatoms. The first kappa shape index (κ1) is 50.3. The Morgan fingerprint density at radius 1 is 0.635 bits per heavy atom. The average Bonchev–Trinajstić information content (AvgIpc) is 4.14. The van der Waals surface area contributed by atoms with Gasteiger partial charge in [0.1, 0.15) is 13.2 Å². The minimum absolute atomic E-state index is 0.0643. The standard InChI is InChI=1S/C58H64N6O10/c1-68-21-22-72-24-23-71-20-19-62(18-10-17-56(65)61-42-13-6-7-14-42)43-26-38(36-73-54-32-48-46(30-52(54)69-2)57(66)63-44(34-59-48)28-40-11-4-8-15-50(40)63)25-39(27-43)37-74-55-33-49-47(31-53(55)70-3)58(67)64-45(35-60-49)29-41-12-5-9-16-51(41)64/h4-5,8-9,11-12,15-16,25-27,30-35,42,44-45H,6-7,10,13-14,17-24,28-29,36-37H2,1-3H3,(H,61,65). The molecular formula is C58H64N6O10. The largest absolute Gasteiger partial charge is 0.493 e. The Morgan fingerprint density at radius 2 is 1.16 bits per heavy atom. The maximum Gasteiger partial charge on any atom is 0.261 e. The lowest BCUT2D eigenvalue weighted by atomic mass is 10.1. The van der Waals surface area contributed by atoms with Crippen LogP contribution in [0.5, 0.6) is 23.0 Å². The van der Waals surface area contributed by atoms with E-state index in [1.165, 1.54) is 0 Å². The van der Waals surface area contributed by atoms with E-state index in [4.69, 9.17) is 43.1 Å². The predicted molar refractivity (Wildman–Crippen MR) is 284 cm³/mol. The highest BCUT2D eigenvalue weighted by Crippen LogP contribution is 2.43. The molecule has 5 aliphatic rings. The molecule has 0 spiro atoms. The summed E-state index contributed by atoms with van der Waals surface area (Å²) < 4.78 is 41.8. The van der Waals surface area contributed by atoms with Gasteiger partial charge >= 0.3 is 0 Å². The first-order valence-corrected chi connectivity index (χ1v) is 25.7. The minimum atomic E-state index is -0.202. The third-order valence-electron chi connectivity index (χ3n) is 14.3. The number of benzene rings is 5. The molecule has 74 heavy (non-hydrogen) atoms. The second-order valence-electron chi connectivity index (χ2n) is 19.2. The molecule has 1 saturated carbocycles. The van der Waals surface area contributed by atoms with E-state index < -0.39 is 0 Å². The zero-order valence-corrected chi connectivity index (χ0v) is 42.4. The van der Waals surface area contributed by atoms with E-state index in [-0.39, 0.29) is 49.1 Å². The fourth-order valence-electron chi connectivity index (χ4n) is 10.6. The van der Waals surface area contributed by atoms with Gasteiger partial charge in [0.15, 0.2) is 23.0 Å². The average molecular weight is 1010 g/mol. The maximum atomic E-state index is 14.2. The Balaban J connectivity index is 0.923. The zero-order valence-electron chi connectivity index (χ0n) is 42.4. The Hall–Kier alpha value is -7.27. The van der Waals surface area contributed by atoms with Crippen LogP contribution in [0, 0.1) is 0 Å². The van der Waals surface area contributed by atoms with E-state index in [1.54, 1.807) is 45.6 Å². The Labute approximate surface area is 432 Å². The van der Waals surface area contributed by atoms with Gasteiger partial charge < -0.3 is 43.4 Å². The van der Waals surface area contributed by atoms with Crippen LogP contribution >= 0.6 is 0 Å². The van der Waals surface area contributed by atoms with Crippen molar-refractivity contribution in [1.82, 2.24) is 5.32 Å². The van der Waals surface area contributed by atoms with Crippen molar-refractivity contribution < 1.29 is 47.5 Å². The number of hydrogen-bond donors (Lipinski definition) is 1. The van der Waals surface area contributed by atoms with Gasteiger partial charge in [-0.25, -0.2) is 0 Å². The second kappa shape index (κ2) is 23.3. The summed E-state index contributed by atoms with van der Waals surface area (Å²) in [7, 11) is 4.76. The third kappa shape index (κ3) is 11.1. The van der Waals surface area contributed by atoms with Crippen LogP contribution in [0.3, 0.4) is 0 Å². The third-order valence-corrected chi connectivity index (χ3v) is 14.3. The molecule has 3 amide bonds. The summed E-state index contributed by atoms with van der Waals surface area (Å²) >= 11 is 0. The Bertz CT molecular complexity index is 2760. The molecule has 4 heterocycles. The molecule has 4 aliphatic heterocycles. The summed E-state index contributed by atoms with van der Waals surface area (Å²) in [6.07, 6.45) is 10.4. The molecule has 386 valence electrons. The van der Waals surface area contributed by atoms with Gasteiger partial charge in [-0.15, -0.1) is 0 Å². The highest BCUT2D eigenvalue weighted by Gasteiger charge is 2.38. The van der Waals surface area contributed by atoms with Gasteiger partial charge in [0.25, 0.3) is 11.8 Å². The number of nitrogens with zero attached hydrogens (tertiary/aromatic N) is 5. The van der Waals surface area contributed by atoms with Gasteiger partial charge in [-0.2, -0.15) is 0 Å². The van der Waals surface area contributed by atoms with Gasteiger partial charge in [0, 0.05) is 87.1 Å². The monoisotopic (exact) mass is 1000 g/mol. The van der Waals surface area contributed by atoms with Crippen molar-refractivity contribution in [3.63, 3.8) is 0 Å². The van der Waals surface area contributed by atoms with Crippen LogP contribution in [0.15, 0.2) is 101 Å². The Kier molecular flexibility index (Phi) is 15.8. The smallest absolute Gasteiger partial charge is 0.261 e. The number of nitrogens with one attached hydrogen (secondary N) is 1. The van der Waals surface area contributed by atoms with Gasteiger partial charge in [0.2, 0.25) is 5.91 Å². The summed E-state index contributed by atoms with van der Waals surface area (Å²) in [4.78, 5) is 57.0. The summed E-state index contributed by atoms with van der Waals surface area (Å²) in [6.45, 7) is 3.65. The normalized spacial score (nSPS) is 17.2. The summed E-state index contributed by atoms with van der Waals surface area (Å²) in [5.41, 5.74) is 8.38. The number of para-hydroxylation sites is 2. The van der Waals surface area contributed by atoms with Crippen molar-refractivity contribution in [3.8, 4) is 23.0 Å². The van der Waals surface area contributed by atoms with Crippen LogP contribution in [0.1, 0.15) is 81.5 Å². The predicted octanol–water partition coefficient (Wildman–Crippen LogP) is 8.76.